The summed E-state index contributed by atoms with van der Waals surface area (Å²) in [4.78, 5) is 11.5. The van der Waals surface area contributed by atoms with Crippen molar-refractivity contribution in [1.82, 2.24) is 19.4 Å². The van der Waals surface area contributed by atoms with Crippen molar-refractivity contribution in [3.63, 3.8) is 0 Å². The fraction of sp³-hybridized carbons (Fsp3) is 0.619. The van der Waals surface area contributed by atoms with Crippen LogP contribution in [0.5, 0.6) is 5.88 Å². The summed E-state index contributed by atoms with van der Waals surface area (Å²) < 4.78 is 14.5. The lowest BCUT2D eigenvalue weighted by molar-refractivity contribution is -0.0846. The van der Waals surface area contributed by atoms with E-state index in [9.17, 15) is 0 Å². The number of aromatic nitrogens is 3. The van der Waals surface area contributed by atoms with Crippen molar-refractivity contribution in [2.45, 2.75) is 69.9 Å². The summed E-state index contributed by atoms with van der Waals surface area (Å²) >= 11 is 0. The lowest BCUT2D eigenvalue weighted by Crippen LogP contribution is -2.52. The average Bonchev–Trinajstić information content (AvgIpc) is 3.29. The highest BCUT2D eigenvalue weighted by Gasteiger charge is 2.51. The first-order chi connectivity index (χ1) is 13.2. The number of aryl methyl sites for hydroxylation is 1. The third kappa shape index (κ3) is 3.73. The summed E-state index contributed by atoms with van der Waals surface area (Å²) in [7, 11) is 1.87. The van der Waals surface area contributed by atoms with E-state index in [2.05, 4.69) is 32.6 Å². The molecule has 146 valence electrons. The van der Waals surface area contributed by atoms with E-state index >= 15 is 0 Å². The molecule has 3 heterocycles. The molecule has 1 saturated heterocycles. The molecule has 2 aromatic rings. The van der Waals surface area contributed by atoms with Crippen LogP contribution in [0.3, 0.4) is 0 Å². The number of imidazole rings is 1. The topological polar surface area (TPSA) is 52.4 Å². The highest BCUT2D eigenvalue weighted by Crippen LogP contribution is 2.43. The molecule has 0 aromatic carbocycles. The molecule has 0 unspecified atom stereocenters. The molecule has 1 aliphatic carbocycles. The SMILES string of the molecule is CCCn1ccnc1CN1CC[C@]2(OC)CC[C@@H](Oc3ccccn3)C[C@H]12. The smallest absolute Gasteiger partial charge is 0.213 e. The Hall–Kier alpha value is -1.92. The Kier molecular flexibility index (Phi) is 5.45. The van der Waals surface area contributed by atoms with Gasteiger partial charge in [-0.05, 0) is 31.7 Å². The van der Waals surface area contributed by atoms with Gasteiger partial charge < -0.3 is 14.0 Å². The van der Waals surface area contributed by atoms with Gasteiger partial charge in [0, 0.05) is 57.3 Å². The molecule has 1 aliphatic heterocycles. The second kappa shape index (κ2) is 7.98. The fourth-order valence-electron chi connectivity index (χ4n) is 4.76. The number of nitrogens with zero attached hydrogens (tertiary/aromatic N) is 4. The second-order valence-corrected chi connectivity index (χ2v) is 7.72. The normalized spacial score (nSPS) is 28.2. The summed E-state index contributed by atoms with van der Waals surface area (Å²) in [6.07, 6.45) is 11.2. The van der Waals surface area contributed by atoms with Crippen LogP contribution in [0.25, 0.3) is 0 Å². The molecule has 0 spiro atoms. The zero-order chi connectivity index (χ0) is 18.7. The second-order valence-electron chi connectivity index (χ2n) is 7.72. The van der Waals surface area contributed by atoms with E-state index in [1.165, 1.54) is 0 Å². The molecule has 0 amide bonds. The van der Waals surface area contributed by atoms with Crippen molar-refractivity contribution in [1.29, 1.82) is 0 Å². The Morgan fingerprint density at radius 1 is 1.22 bits per heavy atom. The first-order valence-electron chi connectivity index (χ1n) is 10.1. The maximum absolute atomic E-state index is 6.18. The van der Waals surface area contributed by atoms with Gasteiger partial charge in [0.15, 0.2) is 0 Å². The van der Waals surface area contributed by atoms with Crippen molar-refractivity contribution in [2.75, 3.05) is 13.7 Å². The van der Waals surface area contributed by atoms with Crippen LogP contribution in [0.15, 0.2) is 36.8 Å². The molecular weight excluding hydrogens is 340 g/mol. The minimum Gasteiger partial charge on any atom is -0.474 e. The molecule has 6 heteroatoms. The molecule has 3 atom stereocenters. The van der Waals surface area contributed by atoms with Crippen molar-refractivity contribution in [3.05, 3.63) is 42.6 Å². The quantitative estimate of drug-likeness (QED) is 0.749. The van der Waals surface area contributed by atoms with Gasteiger partial charge >= 0.3 is 0 Å². The lowest BCUT2D eigenvalue weighted by Gasteiger charge is -2.43. The van der Waals surface area contributed by atoms with E-state index in [0.717, 1.165) is 63.4 Å². The Labute approximate surface area is 161 Å². The summed E-state index contributed by atoms with van der Waals surface area (Å²) in [5.74, 6) is 1.87. The molecule has 2 aliphatic rings. The van der Waals surface area contributed by atoms with Crippen molar-refractivity contribution in [3.8, 4) is 5.88 Å². The molecular formula is C21H30N4O2. The standard InChI is InChI=1S/C21H30N4O2/c1-3-12-24-14-11-22-19(24)16-25-13-9-21(26-2)8-7-17(15-18(21)25)27-20-6-4-5-10-23-20/h4-6,10-11,14,17-18H,3,7-9,12-13,15-16H2,1-2H3/t17-,18+,21-/m1/s1. The minimum atomic E-state index is -0.0494. The number of fused-ring (bicyclic) bond motifs is 1. The molecule has 0 N–H and O–H groups in total. The highest BCUT2D eigenvalue weighted by molar-refractivity contribution is 5.12. The monoisotopic (exact) mass is 370 g/mol. The van der Waals surface area contributed by atoms with Gasteiger partial charge in [-0.25, -0.2) is 9.97 Å². The maximum Gasteiger partial charge on any atom is 0.213 e. The molecule has 2 fully saturated rings. The van der Waals surface area contributed by atoms with Crippen LogP contribution in [-0.2, 0) is 17.8 Å². The van der Waals surface area contributed by atoms with E-state index < -0.39 is 0 Å². The highest BCUT2D eigenvalue weighted by atomic mass is 16.5. The van der Waals surface area contributed by atoms with Crippen LogP contribution in [0.1, 0.15) is 44.9 Å². The van der Waals surface area contributed by atoms with Gasteiger partial charge in [0.05, 0.1) is 12.1 Å². The molecule has 0 bridgehead atoms. The zero-order valence-corrected chi connectivity index (χ0v) is 16.4. The first-order valence-corrected chi connectivity index (χ1v) is 10.1. The Bertz CT molecular complexity index is 735. The number of likely N-dealkylation sites (tertiary alicyclic amines) is 1. The molecule has 2 aromatic heterocycles. The van der Waals surface area contributed by atoms with E-state index in [-0.39, 0.29) is 11.7 Å². The van der Waals surface area contributed by atoms with E-state index in [0.29, 0.717) is 6.04 Å². The van der Waals surface area contributed by atoms with Gasteiger partial charge in [-0.3, -0.25) is 4.90 Å². The predicted octanol–water partition coefficient (Wildman–Crippen LogP) is 3.28. The first kappa shape index (κ1) is 18.4. The Balaban J connectivity index is 1.48. The predicted molar refractivity (Wildman–Crippen MR) is 104 cm³/mol. The van der Waals surface area contributed by atoms with Crippen molar-refractivity contribution >= 4 is 0 Å². The van der Waals surface area contributed by atoms with Gasteiger partial charge in [-0.1, -0.05) is 13.0 Å². The summed E-state index contributed by atoms with van der Waals surface area (Å²) in [6.45, 7) is 5.15. The summed E-state index contributed by atoms with van der Waals surface area (Å²) in [5, 5.41) is 0. The van der Waals surface area contributed by atoms with Gasteiger partial charge in [-0.2, -0.15) is 0 Å². The van der Waals surface area contributed by atoms with Gasteiger partial charge in [0.1, 0.15) is 11.9 Å². The van der Waals surface area contributed by atoms with Crippen LogP contribution >= 0.6 is 0 Å². The Morgan fingerprint density at radius 2 is 2.15 bits per heavy atom. The summed E-state index contributed by atoms with van der Waals surface area (Å²) in [6, 6.07) is 6.18. The number of methoxy groups -OCH3 is 1. The minimum absolute atomic E-state index is 0.0494. The third-order valence-corrected chi connectivity index (χ3v) is 6.19. The molecule has 6 nitrogen and oxygen atoms in total. The van der Waals surface area contributed by atoms with Crippen molar-refractivity contribution < 1.29 is 9.47 Å². The fourth-order valence-corrected chi connectivity index (χ4v) is 4.76. The average molecular weight is 370 g/mol. The number of hydrogen-bond acceptors (Lipinski definition) is 5. The van der Waals surface area contributed by atoms with E-state index in [1.807, 2.05) is 31.5 Å². The maximum atomic E-state index is 6.18. The molecule has 0 radical (unpaired) electrons. The lowest BCUT2D eigenvalue weighted by atomic mass is 9.79. The van der Waals surface area contributed by atoms with Crippen LogP contribution in [0.2, 0.25) is 0 Å². The van der Waals surface area contributed by atoms with Crippen LogP contribution < -0.4 is 4.74 Å². The third-order valence-electron chi connectivity index (χ3n) is 6.19. The van der Waals surface area contributed by atoms with Gasteiger partial charge in [0.25, 0.3) is 0 Å². The molecule has 27 heavy (non-hydrogen) atoms. The van der Waals surface area contributed by atoms with Gasteiger partial charge in [0.2, 0.25) is 5.88 Å². The van der Waals surface area contributed by atoms with Gasteiger partial charge in [-0.15, -0.1) is 0 Å². The number of pyridine rings is 1. The van der Waals surface area contributed by atoms with Crippen LogP contribution in [0, 0.1) is 0 Å². The zero-order valence-electron chi connectivity index (χ0n) is 16.4. The van der Waals surface area contributed by atoms with Crippen molar-refractivity contribution in [2.24, 2.45) is 0 Å². The number of ether oxygens (including phenoxy) is 2. The number of rotatable bonds is 7. The van der Waals surface area contributed by atoms with E-state index in [1.54, 1.807) is 6.20 Å². The molecule has 4 rings (SSSR count). The van der Waals surface area contributed by atoms with Crippen LogP contribution in [-0.4, -0.2) is 50.8 Å². The summed E-state index contributed by atoms with van der Waals surface area (Å²) in [5.41, 5.74) is -0.0494. The Morgan fingerprint density at radius 3 is 2.93 bits per heavy atom. The largest absolute Gasteiger partial charge is 0.474 e. The molecule has 1 saturated carbocycles. The van der Waals surface area contributed by atoms with Crippen LogP contribution in [0.4, 0.5) is 0 Å². The van der Waals surface area contributed by atoms with E-state index in [4.69, 9.17) is 9.47 Å². The number of hydrogen-bond donors (Lipinski definition) is 0.